The summed E-state index contributed by atoms with van der Waals surface area (Å²) in [4.78, 5) is 30.3. The molecular formula is C30H34N2O6. The molecule has 0 spiro atoms. The van der Waals surface area contributed by atoms with Crippen LogP contribution in [-0.2, 0) is 11.4 Å². The zero-order valence-corrected chi connectivity index (χ0v) is 22.3. The van der Waals surface area contributed by atoms with Crippen molar-refractivity contribution in [2.45, 2.75) is 32.9 Å². The minimum Gasteiger partial charge on any atom is -0.503 e. The predicted molar refractivity (Wildman–Crippen MR) is 143 cm³/mol. The molecule has 0 fully saturated rings. The lowest BCUT2D eigenvalue weighted by atomic mass is 9.94. The number of aryl methyl sites for hydroxylation is 1. The van der Waals surface area contributed by atoms with Crippen LogP contribution in [0, 0.1) is 6.92 Å². The first-order valence-electron chi connectivity index (χ1n) is 12.7. The van der Waals surface area contributed by atoms with Crippen LogP contribution in [0.25, 0.3) is 0 Å². The molecule has 4 rings (SSSR count). The van der Waals surface area contributed by atoms with Gasteiger partial charge in [-0.3, -0.25) is 9.59 Å². The van der Waals surface area contributed by atoms with Gasteiger partial charge in [0.05, 0.1) is 18.2 Å². The van der Waals surface area contributed by atoms with Gasteiger partial charge >= 0.3 is 0 Å². The van der Waals surface area contributed by atoms with Crippen LogP contribution in [0.5, 0.6) is 11.5 Å². The van der Waals surface area contributed by atoms with E-state index >= 15 is 0 Å². The van der Waals surface area contributed by atoms with Gasteiger partial charge in [0.2, 0.25) is 5.78 Å². The number of benzene rings is 2. The number of carbonyl (C=O) groups excluding carboxylic acids is 2. The highest BCUT2D eigenvalue weighted by molar-refractivity contribution is 6.15. The quantitative estimate of drug-likeness (QED) is 0.334. The first-order valence-corrected chi connectivity index (χ1v) is 12.7. The molecule has 0 aliphatic carbocycles. The highest BCUT2D eigenvalue weighted by Gasteiger charge is 2.44. The van der Waals surface area contributed by atoms with Crippen molar-refractivity contribution >= 4 is 11.7 Å². The summed E-state index contributed by atoms with van der Waals surface area (Å²) in [6.45, 7) is 5.48. The largest absolute Gasteiger partial charge is 0.503 e. The van der Waals surface area contributed by atoms with Gasteiger partial charge in [-0.05, 0) is 76.3 Å². The van der Waals surface area contributed by atoms with Crippen molar-refractivity contribution in [3.63, 3.8) is 0 Å². The molecule has 1 unspecified atom stereocenters. The highest BCUT2D eigenvalue weighted by atomic mass is 16.5. The number of ether oxygens (including phenoxy) is 2. The van der Waals surface area contributed by atoms with E-state index in [-0.39, 0.29) is 11.3 Å². The lowest BCUT2D eigenvalue weighted by Gasteiger charge is -2.28. The van der Waals surface area contributed by atoms with Crippen molar-refractivity contribution in [1.82, 2.24) is 9.80 Å². The number of ketones is 1. The lowest BCUT2D eigenvalue weighted by Crippen LogP contribution is -2.33. The number of hydrogen-bond acceptors (Lipinski definition) is 7. The molecule has 0 saturated carbocycles. The van der Waals surface area contributed by atoms with Crippen molar-refractivity contribution in [3.8, 4) is 11.5 Å². The van der Waals surface area contributed by atoms with E-state index in [1.165, 1.54) is 4.90 Å². The second kappa shape index (κ2) is 12.0. The number of aliphatic hydroxyl groups excluding tert-OH is 1. The number of amides is 1. The number of hydrogen-bond donors (Lipinski definition) is 1. The Kier molecular flexibility index (Phi) is 8.53. The van der Waals surface area contributed by atoms with Gasteiger partial charge in [-0.2, -0.15) is 0 Å². The van der Waals surface area contributed by atoms with Crippen LogP contribution in [0.1, 0.15) is 46.8 Å². The zero-order valence-electron chi connectivity index (χ0n) is 22.3. The Morgan fingerprint density at radius 2 is 1.82 bits per heavy atom. The third-order valence-corrected chi connectivity index (χ3v) is 6.34. The summed E-state index contributed by atoms with van der Waals surface area (Å²) >= 11 is 0. The number of nitrogens with zero attached hydrogens (tertiary/aromatic N) is 2. The molecule has 0 saturated heterocycles. The number of aliphatic hydroxyl groups is 1. The topological polar surface area (TPSA) is 92.5 Å². The van der Waals surface area contributed by atoms with Crippen molar-refractivity contribution < 1.29 is 28.6 Å². The smallest absolute Gasteiger partial charge is 0.290 e. The van der Waals surface area contributed by atoms with Crippen LogP contribution < -0.4 is 9.47 Å². The maximum absolute atomic E-state index is 13.5. The van der Waals surface area contributed by atoms with Gasteiger partial charge in [-0.15, -0.1) is 0 Å². The minimum atomic E-state index is -0.801. The molecule has 8 heteroatoms. The third kappa shape index (κ3) is 5.92. The summed E-state index contributed by atoms with van der Waals surface area (Å²) in [5.41, 5.74) is 1.64. The predicted octanol–water partition coefficient (Wildman–Crippen LogP) is 5.10. The Morgan fingerprint density at radius 3 is 2.47 bits per heavy atom. The Labute approximate surface area is 223 Å². The molecule has 1 amide bonds. The molecule has 1 aromatic heterocycles. The maximum Gasteiger partial charge on any atom is 0.290 e. The Bertz CT molecular complexity index is 1310. The van der Waals surface area contributed by atoms with E-state index in [4.69, 9.17) is 13.9 Å². The average molecular weight is 519 g/mol. The van der Waals surface area contributed by atoms with E-state index < -0.39 is 23.5 Å². The maximum atomic E-state index is 13.5. The summed E-state index contributed by atoms with van der Waals surface area (Å²) < 4.78 is 17.5. The van der Waals surface area contributed by atoms with Gasteiger partial charge in [-0.1, -0.05) is 36.4 Å². The number of carbonyl (C=O) groups is 2. The summed E-state index contributed by atoms with van der Waals surface area (Å²) in [5.74, 6) is 0.0234. The van der Waals surface area contributed by atoms with Gasteiger partial charge in [-0.25, -0.2) is 0 Å². The van der Waals surface area contributed by atoms with Crippen LogP contribution in [-0.4, -0.2) is 60.4 Å². The molecule has 1 aliphatic rings. The zero-order chi connectivity index (χ0) is 27.2. The van der Waals surface area contributed by atoms with E-state index in [2.05, 4.69) is 0 Å². The fourth-order valence-corrected chi connectivity index (χ4v) is 4.53. The summed E-state index contributed by atoms with van der Waals surface area (Å²) in [6, 6.07) is 17.6. The van der Waals surface area contributed by atoms with Crippen LogP contribution in [0.3, 0.4) is 0 Å². The molecule has 1 atom stereocenters. The standard InChI is InChI=1S/C30H34N2O6/c1-5-36-25-18-22(13-15-23(25)37-19-21-10-7-6-8-11-21)27-26(28(33)24-14-12-20(2)38-24)29(34)30(35)32(27)17-9-16-31(3)4/h6-8,10-15,18,27,34H,5,9,16-17,19H2,1-4H3. The minimum absolute atomic E-state index is 0.00499. The molecular weight excluding hydrogens is 484 g/mol. The van der Waals surface area contributed by atoms with Gasteiger partial charge < -0.3 is 28.8 Å². The van der Waals surface area contributed by atoms with Gasteiger partial charge in [0, 0.05) is 6.54 Å². The average Bonchev–Trinajstić information content (AvgIpc) is 3.45. The molecule has 38 heavy (non-hydrogen) atoms. The van der Waals surface area contributed by atoms with E-state index in [1.807, 2.05) is 56.3 Å². The number of Topliss-reactive ketones (excluding diaryl/α,β-unsaturated/α-hetero) is 1. The Hall–Kier alpha value is -4.04. The normalized spacial score (nSPS) is 15.4. The lowest BCUT2D eigenvalue weighted by molar-refractivity contribution is -0.129. The molecule has 0 radical (unpaired) electrons. The third-order valence-electron chi connectivity index (χ3n) is 6.34. The van der Waals surface area contributed by atoms with Crippen LogP contribution >= 0.6 is 0 Å². The molecule has 2 heterocycles. The molecule has 0 bridgehead atoms. The van der Waals surface area contributed by atoms with E-state index in [0.717, 1.165) is 12.1 Å². The van der Waals surface area contributed by atoms with Gasteiger partial charge in [0.1, 0.15) is 12.4 Å². The second-order valence-corrected chi connectivity index (χ2v) is 9.47. The molecule has 200 valence electrons. The van der Waals surface area contributed by atoms with Crippen LogP contribution in [0.4, 0.5) is 0 Å². The van der Waals surface area contributed by atoms with E-state index in [1.54, 1.807) is 37.3 Å². The molecule has 2 aromatic carbocycles. The molecule has 1 aliphatic heterocycles. The van der Waals surface area contributed by atoms with E-state index in [0.29, 0.717) is 49.0 Å². The van der Waals surface area contributed by atoms with Crippen molar-refractivity contribution in [1.29, 1.82) is 0 Å². The van der Waals surface area contributed by atoms with Crippen LogP contribution in [0.15, 0.2) is 76.4 Å². The van der Waals surface area contributed by atoms with Crippen molar-refractivity contribution in [2.24, 2.45) is 0 Å². The SMILES string of the molecule is CCOc1cc(C2C(C(=O)c3ccc(C)o3)=C(O)C(=O)N2CCCN(C)C)ccc1OCc1ccccc1. The fourth-order valence-electron chi connectivity index (χ4n) is 4.53. The first kappa shape index (κ1) is 27.0. The molecule has 8 nitrogen and oxygen atoms in total. The van der Waals surface area contributed by atoms with E-state index in [9.17, 15) is 14.7 Å². The van der Waals surface area contributed by atoms with Gasteiger partial charge in [0.15, 0.2) is 23.0 Å². The first-order chi connectivity index (χ1) is 18.3. The summed E-state index contributed by atoms with van der Waals surface area (Å²) in [5, 5.41) is 10.9. The van der Waals surface area contributed by atoms with Crippen LogP contribution in [0.2, 0.25) is 0 Å². The monoisotopic (exact) mass is 518 g/mol. The fraction of sp³-hybridized carbons (Fsp3) is 0.333. The summed E-state index contributed by atoms with van der Waals surface area (Å²) in [6.07, 6.45) is 0.667. The number of rotatable bonds is 12. The van der Waals surface area contributed by atoms with Gasteiger partial charge in [0.25, 0.3) is 5.91 Å². The molecule has 1 N–H and O–H groups in total. The molecule has 3 aromatic rings. The number of furan rings is 1. The summed E-state index contributed by atoms with van der Waals surface area (Å²) in [7, 11) is 3.91. The Morgan fingerprint density at radius 1 is 1.05 bits per heavy atom. The Balaban J connectivity index is 1.70. The van der Waals surface area contributed by atoms with Crippen molar-refractivity contribution in [2.75, 3.05) is 33.8 Å². The second-order valence-electron chi connectivity index (χ2n) is 9.47. The highest BCUT2D eigenvalue weighted by Crippen LogP contribution is 2.42. The van der Waals surface area contributed by atoms with Crippen molar-refractivity contribution in [3.05, 3.63) is 94.6 Å².